The number of nitrogens with zero attached hydrogens (tertiary/aromatic N) is 3. The molecule has 88 heavy (non-hydrogen) atoms. The van der Waals surface area contributed by atoms with E-state index in [1.165, 1.54) is 14.7 Å². The molecule has 2 aliphatic carbocycles. The maximum absolute atomic E-state index is 14.7. The first-order chi connectivity index (χ1) is 40.7. The SMILES string of the molecule is CC(C)(F)C(=O)NCC1CCCN1CC(F)(F)[C@H](N)Cc1cc(F)c(F)cc1F.N[C@@H](CCN1CC(F)(F)CC1CNC(=O)C1(F)CC1)Cc1cc(F)ccc1F.N[C@H](Cc1cc(F)ccc1F)C(F)(F)CN1CCCC1CNC(=O)C1(C(F)(F)F)CC1. The van der Waals surface area contributed by atoms with Gasteiger partial charge in [-0.15, -0.1) is 0 Å². The zero-order valence-electron chi connectivity index (χ0n) is 48.2. The number of amides is 3. The molecule has 8 rings (SSSR count). The fourth-order valence-electron chi connectivity index (χ4n) is 10.8. The highest BCUT2D eigenvalue weighted by atomic mass is 19.4. The van der Waals surface area contributed by atoms with Crippen molar-refractivity contribution in [2.24, 2.45) is 22.6 Å². The lowest BCUT2D eigenvalue weighted by Gasteiger charge is -2.32. The maximum atomic E-state index is 14.7. The van der Waals surface area contributed by atoms with Gasteiger partial charge >= 0.3 is 6.18 Å². The first kappa shape index (κ1) is 71.6. The van der Waals surface area contributed by atoms with E-state index in [4.69, 9.17) is 17.2 Å². The Morgan fingerprint density at radius 2 is 1.02 bits per heavy atom. The van der Waals surface area contributed by atoms with Crippen LogP contribution in [0.3, 0.4) is 0 Å². The number of hydrogen-bond donors (Lipinski definition) is 6. The summed E-state index contributed by atoms with van der Waals surface area (Å²) in [4.78, 5) is 39.7. The number of rotatable bonds is 24. The van der Waals surface area contributed by atoms with Gasteiger partial charge in [-0.2, -0.15) is 13.2 Å². The van der Waals surface area contributed by atoms with Crippen LogP contribution in [0.25, 0.3) is 0 Å². The summed E-state index contributed by atoms with van der Waals surface area (Å²) >= 11 is 0. The van der Waals surface area contributed by atoms with Gasteiger partial charge < -0.3 is 33.2 Å². The molecule has 3 aromatic carbocycles. The van der Waals surface area contributed by atoms with Crippen LogP contribution in [0.5, 0.6) is 0 Å². The Labute approximate surface area is 497 Å². The molecule has 0 aromatic heterocycles. The van der Waals surface area contributed by atoms with Crippen molar-refractivity contribution in [3.8, 4) is 0 Å². The van der Waals surface area contributed by atoms with E-state index in [1.807, 2.05) is 0 Å². The molecule has 494 valence electrons. The Bertz CT molecular complexity index is 2870. The highest BCUT2D eigenvalue weighted by molar-refractivity contribution is 5.88. The number of alkyl halides is 11. The van der Waals surface area contributed by atoms with Crippen LogP contribution >= 0.6 is 0 Å². The van der Waals surface area contributed by atoms with Crippen LogP contribution in [0.15, 0.2) is 48.5 Å². The van der Waals surface area contributed by atoms with Gasteiger partial charge in [0.15, 0.2) is 23.0 Å². The van der Waals surface area contributed by atoms with Gasteiger partial charge in [0.25, 0.3) is 29.6 Å². The van der Waals surface area contributed by atoms with Gasteiger partial charge in [0, 0.05) is 62.8 Å². The average molecular weight is 1290 g/mol. The van der Waals surface area contributed by atoms with Gasteiger partial charge in [-0.05, 0) is 163 Å². The van der Waals surface area contributed by atoms with Crippen molar-refractivity contribution in [1.29, 1.82) is 0 Å². The van der Waals surface area contributed by atoms with Gasteiger partial charge in [0.2, 0.25) is 5.91 Å². The summed E-state index contributed by atoms with van der Waals surface area (Å²) in [5.74, 6) is -19.2. The smallest absolute Gasteiger partial charge is 0.354 e. The zero-order valence-corrected chi connectivity index (χ0v) is 48.2. The molecule has 5 fully saturated rings. The minimum Gasteiger partial charge on any atom is -0.354 e. The van der Waals surface area contributed by atoms with Crippen molar-refractivity contribution in [3.63, 3.8) is 0 Å². The molecule has 5 aliphatic rings. The lowest BCUT2D eigenvalue weighted by Crippen LogP contribution is -2.53. The predicted octanol–water partition coefficient (Wildman–Crippen LogP) is 8.88. The Morgan fingerprint density at radius 3 is 1.50 bits per heavy atom. The number of likely N-dealkylation sites (tertiary alicyclic amines) is 3. The van der Waals surface area contributed by atoms with E-state index in [9.17, 15) is 93.4 Å². The van der Waals surface area contributed by atoms with Crippen molar-refractivity contribution in [2.75, 3.05) is 58.9 Å². The topological polar surface area (TPSA) is 175 Å². The molecule has 30 heteroatoms. The quantitative estimate of drug-likeness (QED) is 0.0378. The third-order valence-electron chi connectivity index (χ3n) is 16.5. The second kappa shape index (κ2) is 28.8. The maximum Gasteiger partial charge on any atom is 0.403 e. The van der Waals surface area contributed by atoms with Crippen LogP contribution in [-0.4, -0.2) is 163 Å². The molecule has 3 saturated heterocycles. The minimum absolute atomic E-state index is 0.00923. The number of halogens is 18. The van der Waals surface area contributed by atoms with Crippen LogP contribution in [0, 0.1) is 46.1 Å². The molecule has 0 spiro atoms. The lowest BCUT2D eigenvalue weighted by atomic mass is 10.00. The highest BCUT2D eigenvalue weighted by Crippen LogP contribution is 2.57. The summed E-state index contributed by atoms with van der Waals surface area (Å²) in [6.45, 7) is 0.755. The van der Waals surface area contributed by atoms with Crippen molar-refractivity contribution in [2.45, 2.75) is 169 Å². The van der Waals surface area contributed by atoms with E-state index in [0.717, 1.165) is 50.2 Å². The number of carbonyl (C=O) groups is 3. The summed E-state index contributed by atoms with van der Waals surface area (Å²) in [6.07, 6.45) is -4.07. The Morgan fingerprint density at radius 1 is 0.568 bits per heavy atom. The molecule has 3 aliphatic heterocycles. The normalized spacial score (nSPS) is 22.0. The second-order valence-electron chi connectivity index (χ2n) is 24.1. The molecule has 3 amide bonds. The molecule has 3 unspecified atom stereocenters. The fraction of sp³-hybridized carbons (Fsp3) is 0.638. The lowest BCUT2D eigenvalue weighted by molar-refractivity contribution is -0.192. The fourth-order valence-corrected chi connectivity index (χ4v) is 10.8. The minimum atomic E-state index is -4.64. The third-order valence-corrected chi connectivity index (χ3v) is 16.5. The monoisotopic (exact) mass is 1290 g/mol. The van der Waals surface area contributed by atoms with E-state index in [0.29, 0.717) is 50.8 Å². The first-order valence-corrected chi connectivity index (χ1v) is 28.7. The van der Waals surface area contributed by atoms with Gasteiger partial charge in [0.1, 0.15) is 34.5 Å². The third kappa shape index (κ3) is 19.5. The molecular formula is C58H73F18N9O3. The summed E-state index contributed by atoms with van der Waals surface area (Å²) in [7, 11) is 0. The van der Waals surface area contributed by atoms with Crippen molar-refractivity contribution in [3.05, 3.63) is 106 Å². The molecule has 12 nitrogen and oxygen atoms in total. The Balaban J connectivity index is 0.000000211. The van der Waals surface area contributed by atoms with E-state index in [2.05, 4.69) is 16.0 Å². The standard InChI is InChI=1S/C20H24F7N3O.C19H25F6N3O.C19H24F5N3O/c21-13-3-4-15(22)12(8-13)9-16(28)19(23,24)11-30-7-1-2-14(30)10-29-17(31)18(5-6-18)20(25,26)27;1-18(2,23)17(29)27-9-12-4-3-5-28(12)10-19(24,25)16(26)7-11-6-14(21)15(22)8-13(11)20;20-13-1-2-16(21)12(7-13)8-14(25)3-6-27-11-19(23,24)9-15(27)10-26-17(28)18(22)4-5-18/h3-4,8,14,16H,1-2,5-7,9-11,28H2,(H,29,31);6,8,12,16H,3-5,7,9-10,26H2,1-2H3,(H,27,29);1-2,7,14-15H,3-6,8-11,25H2,(H,26,28)/t14?,16-;12?,16-;14-,15?/m110/s1. The summed E-state index contributed by atoms with van der Waals surface area (Å²) in [5, 5.41) is 7.10. The van der Waals surface area contributed by atoms with Crippen LogP contribution < -0.4 is 33.2 Å². The van der Waals surface area contributed by atoms with E-state index >= 15 is 0 Å². The van der Waals surface area contributed by atoms with E-state index in [1.54, 1.807) is 0 Å². The van der Waals surface area contributed by atoms with Crippen molar-refractivity contribution >= 4 is 17.7 Å². The second-order valence-corrected chi connectivity index (χ2v) is 24.1. The molecule has 6 atom stereocenters. The van der Waals surface area contributed by atoms with E-state index in [-0.39, 0.29) is 76.0 Å². The number of nitrogens with two attached hydrogens (primary N) is 3. The number of hydrogen-bond acceptors (Lipinski definition) is 9. The largest absolute Gasteiger partial charge is 0.403 e. The van der Waals surface area contributed by atoms with Crippen molar-refractivity contribution < 1.29 is 93.4 Å². The number of carbonyl (C=O) groups excluding carboxylic acids is 3. The molecule has 3 heterocycles. The zero-order chi connectivity index (χ0) is 65.5. The molecule has 3 aromatic rings. The van der Waals surface area contributed by atoms with Crippen LogP contribution in [0.4, 0.5) is 79.0 Å². The first-order valence-electron chi connectivity index (χ1n) is 28.7. The van der Waals surface area contributed by atoms with Gasteiger partial charge in [-0.1, -0.05) is 0 Å². The molecule has 2 saturated carbocycles. The average Bonchev–Trinajstić information content (AvgIpc) is 4.24. The number of nitrogens with one attached hydrogen (secondary N) is 3. The highest BCUT2D eigenvalue weighted by Gasteiger charge is 2.68. The van der Waals surface area contributed by atoms with Gasteiger partial charge in [-0.25, -0.2) is 65.9 Å². The van der Waals surface area contributed by atoms with Crippen LogP contribution in [-0.2, 0) is 33.6 Å². The summed E-state index contributed by atoms with van der Waals surface area (Å²) < 4.78 is 247. The summed E-state index contributed by atoms with van der Waals surface area (Å²) in [6, 6.07) is 0.676. The Hall–Kier alpha value is -5.43. The van der Waals surface area contributed by atoms with E-state index < -0.39 is 180 Å². The molecule has 0 bridgehead atoms. The van der Waals surface area contributed by atoms with Crippen LogP contribution in [0.1, 0.15) is 94.7 Å². The number of benzene rings is 3. The predicted molar refractivity (Wildman–Crippen MR) is 288 cm³/mol. The molecule has 0 radical (unpaired) electrons. The van der Waals surface area contributed by atoms with Gasteiger partial charge in [0.05, 0.1) is 31.7 Å². The Kier molecular flexibility index (Phi) is 23.5. The van der Waals surface area contributed by atoms with Crippen molar-refractivity contribution in [1.82, 2.24) is 30.7 Å². The molecular weight excluding hydrogens is 1210 g/mol. The molecule has 9 N–H and O–H groups in total. The van der Waals surface area contributed by atoms with Crippen LogP contribution in [0.2, 0.25) is 0 Å². The summed E-state index contributed by atoms with van der Waals surface area (Å²) in [5.41, 5.74) is 10.3. The van der Waals surface area contributed by atoms with Gasteiger partial charge in [-0.3, -0.25) is 29.1 Å².